The lowest BCUT2D eigenvalue weighted by atomic mass is 10.1. The predicted octanol–water partition coefficient (Wildman–Crippen LogP) is 1.37. The van der Waals surface area contributed by atoms with Crippen molar-refractivity contribution in [3.63, 3.8) is 0 Å². The number of ether oxygens (including phenoxy) is 1. The van der Waals surface area contributed by atoms with Crippen molar-refractivity contribution >= 4 is 5.91 Å². The van der Waals surface area contributed by atoms with E-state index in [-0.39, 0.29) is 5.91 Å². The molecule has 1 aromatic rings. The van der Waals surface area contributed by atoms with E-state index in [0.29, 0.717) is 25.4 Å². The molecule has 1 unspecified atom stereocenters. The van der Waals surface area contributed by atoms with Crippen molar-refractivity contribution in [3.05, 3.63) is 29.3 Å². The van der Waals surface area contributed by atoms with Crippen LogP contribution in [0.15, 0.2) is 18.2 Å². The Morgan fingerprint density at radius 3 is 2.90 bits per heavy atom. The van der Waals surface area contributed by atoms with Gasteiger partial charge in [0, 0.05) is 25.1 Å². The SMILES string of the molecule is COc1ccc(C#CCN)c(CN2CC(C)CC2=O)c1. The summed E-state index contributed by atoms with van der Waals surface area (Å²) in [6, 6.07) is 5.73. The number of likely N-dealkylation sites (tertiary alicyclic amines) is 1. The Morgan fingerprint density at radius 2 is 2.30 bits per heavy atom. The minimum Gasteiger partial charge on any atom is -0.497 e. The maximum absolute atomic E-state index is 11.9. The van der Waals surface area contributed by atoms with Crippen LogP contribution in [0.4, 0.5) is 0 Å². The first-order chi connectivity index (χ1) is 9.63. The maximum Gasteiger partial charge on any atom is 0.223 e. The number of methoxy groups -OCH3 is 1. The fourth-order valence-electron chi connectivity index (χ4n) is 2.42. The van der Waals surface area contributed by atoms with E-state index in [1.165, 1.54) is 0 Å². The van der Waals surface area contributed by atoms with Crippen LogP contribution in [-0.2, 0) is 11.3 Å². The molecule has 0 aromatic heterocycles. The molecular formula is C16H20N2O2. The fourth-order valence-corrected chi connectivity index (χ4v) is 2.42. The number of carbonyl (C=O) groups is 1. The average molecular weight is 272 g/mol. The zero-order valence-corrected chi connectivity index (χ0v) is 12.0. The van der Waals surface area contributed by atoms with Crippen LogP contribution in [0.2, 0.25) is 0 Å². The third-order valence-electron chi connectivity index (χ3n) is 3.41. The molecule has 1 aliphatic heterocycles. The van der Waals surface area contributed by atoms with Crippen molar-refractivity contribution in [1.29, 1.82) is 0 Å². The first-order valence-electron chi connectivity index (χ1n) is 6.77. The van der Waals surface area contributed by atoms with Gasteiger partial charge < -0.3 is 15.4 Å². The summed E-state index contributed by atoms with van der Waals surface area (Å²) in [5, 5.41) is 0. The van der Waals surface area contributed by atoms with Crippen molar-refractivity contribution < 1.29 is 9.53 Å². The molecule has 0 radical (unpaired) electrons. The molecule has 0 aliphatic carbocycles. The molecule has 0 saturated carbocycles. The third kappa shape index (κ3) is 3.31. The standard InChI is InChI=1S/C16H20N2O2/c1-12-8-16(19)18(10-12)11-14-9-15(20-2)6-5-13(14)4-3-7-17/h5-6,9,12H,7-8,10-11,17H2,1-2H3. The zero-order chi connectivity index (χ0) is 14.5. The zero-order valence-electron chi connectivity index (χ0n) is 12.0. The molecule has 106 valence electrons. The van der Waals surface area contributed by atoms with E-state index in [4.69, 9.17) is 10.5 Å². The van der Waals surface area contributed by atoms with Gasteiger partial charge >= 0.3 is 0 Å². The van der Waals surface area contributed by atoms with Crippen molar-refractivity contribution in [3.8, 4) is 17.6 Å². The van der Waals surface area contributed by atoms with Crippen LogP contribution in [-0.4, -0.2) is 31.0 Å². The number of benzene rings is 1. The maximum atomic E-state index is 11.9. The lowest BCUT2D eigenvalue weighted by Crippen LogP contribution is -2.24. The van der Waals surface area contributed by atoms with Crippen LogP contribution in [0.3, 0.4) is 0 Å². The highest BCUT2D eigenvalue weighted by atomic mass is 16.5. The van der Waals surface area contributed by atoms with Gasteiger partial charge in [0.05, 0.1) is 13.7 Å². The molecule has 1 heterocycles. The topological polar surface area (TPSA) is 55.6 Å². The number of amides is 1. The molecule has 1 fully saturated rings. The number of hydrogen-bond donors (Lipinski definition) is 1. The quantitative estimate of drug-likeness (QED) is 0.846. The number of rotatable bonds is 3. The summed E-state index contributed by atoms with van der Waals surface area (Å²) in [5.74, 6) is 7.32. The molecule has 4 nitrogen and oxygen atoms in total. The van der Waals surface area contributed by atoms with Gasteiger partial charge in [-0.3, -0.25) is 4.79 Å². The summed E-state index contributed by atoms with van der Waals surface area (Å²) in [4.78, 5) is 13.8. The highest BCUT2D eigenvalue weighted by Crippen LogP contribution is 2.23. The van der Waals surface area contributed by atoms with Crippen LogP contribution >= 0.6 is 0 Å². The lowest BCUT2D eigenvalue weighted by molar-refractivity contribution is -0.128. The number of hydrogen-bond acceptors (Lipinski definition) is 3. The molecule has 2 rings (SSSR count). The normalized spacial score (nSPS) is 17.9. The highest BCUT2D eigenvalue weighted by Gasteiger charge is 2.26. The van der Waals surface area contributed by atoms with Gasteiger partial charge in [-0.2, -0.15) is 0 Å². The molecule has 4 heteroatoms. The van der Waals surface area contributed by atoms with E-state index in [1.54, 1.807) is 7.11 Å². The van der Waals surface area contributed by atoms with Gasteiger partial charge in [0.25, 0.3) is 0 Å². The number of carbonyl (C=O) groups excluding carboxylic acids is 1. The Balaban J connectivity index is 2.26. The van der Waals surface area contributed by atoms with Gasteiger partial charge in [0.1, 0.15) is 5.75 Å². The minimum absolute atomic E-state index is 0.207. The van der Waals surface area contributed by atoms with E-state index >= 15 is 0 Å². The van der Waals surface area contributed by atoms with E-state index in [1.807, 2.05) is 23.1 Å². The summed E-state index contributed by atoms with van der Waals surface area (Å²) in [5.41, 5.74) is 7.34. The van der Waals surface area contributed by atoms with Gasteiger partial charge in [0.15, 0.2) is 0 Å². The molecule has 0 bridgehead atoms. The first kappa shape index (κ1) is 14.4. The predicted molar refractivity (Wildman–Crippen MR) is 78.1 cm³/mol. The molecule has 20 heavy (non-hydrogen) atoms. The number of nitrogens with two attached hydrogens (primary N) is 1. The lowest BCUT2D eigenvalue weighted by Gasteiger charge is -2.17. The van der Waals surface area contributed by atoms with Gasteiger partial charge in [0.2, 0.25) is 5.91 Å². The summed E-state index contributed by atoms with van der Waals surface area (Å²) in [6.07, 6.45) is 0.633. The van der Waals surface area contributed by atoms with E-state index < -0.39 is 0 Å². The molecule has 1 amide bonds. The summed E-state index contributed by atoms with van der Waals surface area (Å²) < 4.78 is 5.25. The van der Waals surface area contributed by atoms with Crippen molar-refractivity contribution in [2.24, 2.45) is 11.7 Å². The minimum atomic E-state index is 0.207. The molecule has 0 spiro atoms. The first-order valence-corrected chi connectivity index (χ1v) is 6.77. The average Bonchev–Trinajstić information content (AvgIpc) is 2.75. The second kappa shape index (κ2) is 6.44. The van der Waals surface area contributed by atoms with Crippen molar-refractivity contribution in [1.82, 2.24) is 4.90 Å². The van der Waals surface area contributed by atoms with Gasteiger partial charge in [-0.15, -0.1) is 0 Å². The van der Waals surface area contributed by atoms with Gasteiger partial charge in [-0.05, 0) is 29.7 Å². The van der Waals surface area contributed by atoms with Gasteiger partial charge in [-0.1, -0.05) is 18.8 Å². The van der Waals surface area contributed by atoms with Crippen LogP contribution in [0, 0.1) is 17.8 Å². The second-order valence-electron chi connectivity index (χ2n) is 5.11. The van der Waals surface area contributed by atoms with Crippen LogP contribution < -0.4 is 10.5 Å². The van der Waals surface area contributed by atoms with E-state index in [0.717, 1.165) is 23.4 Å². The second-order valence-corrected chi connectivity index (χ2v) is 5.11. The monoisotopic (exact) mass is 272 g/mol. The molecule has 1 atom stereocenters. The Morgan fingerprint density at radius 1 is 1.50 bits per heavy atom. The van der Waals surface area contributed by atoms with Crippen molar-refractivity contribution in [2.45, 2.75) is 19.9 Å². The Bertz CT molecular complexity index is 557. The summed E-state index contributed by atoms with van der Waals surface area (Å²) >= 11 is 0. The molecule has 1 aromatic carbocycles. The van der Waals surface area contributed by atoms with Crippen LogP contribution in [0.25, 0.3) is 0 Å². The smallest absolute Gasteiger partial charge is 0.223 e. The molecule has 1 saturated heterocycles. The Labute approximate surface area is 119 Å². The summed E-state index contributed by atoms with van der Waals surface area (Å²) in [7, 11) is 1.63. The van der Waals surface area contributed by atoms with Crippen molar-refractivity contribution in [2.75, 3.05) is 20.2 Å². The third-order valence-corrected chi connectivity index (χ3v) is 3.41. The number of nitrogens with zero attached hydrogens (tertiary/aromatic N) is 1. The Hall–Kier alpha value is -1.99. The van der Waals surface area contributed by atoms with Crippen LogP contribution in [0.1, 0.15) is 24.5 Å². The largest absolute Gasteiger partial charge is 0.497 e. The highest BCUT2D eigenvalue weighted by molar-refractivity contribution is 5.78. The Kier molecular flexibility index (Phi) is 4.65. The molecule has 2 N–H and O–H groups in total. The molecular weight excluding hydrogens is 252 g/mol. The summed E-state index contributed by atoms with van der Waals surface area (Å²) in [6.45, 7) is 3.80. The van der Waals surface area contributed by atoms with Gasteiger partial charge in [-0.25, -0.2) is 0 Å². The van der Waals surface area contributed by atoms with E-state index in [2.05, 4.69) is 18.8 Å². The van der Waals surface area contributed by atoms with E-state index in [9.17, 15) is 4.79 Å². The van der Waals surface area contributed by atoms with Crippen LogP contribution in [0.5, 0.6) is 5.75 Å². The molecule has 1 aliphatic rings. The fraction of sp³-hybridized carbons (Fsp3) is 0.438.